The number of hydrogen-bond donors (Lipinski definition) is 1. The lowest BCUT2D eigenvalue weighted by atomic mass is 10.3. The van der Waals surface area contributed by atoms with Crippen LogP contribution in [0.3, 0.4) is 0 Å². The number of H-pyrrole nitrogens is 1. The predicted molar refractivity (Wildman–Crippen MR) is 76.0 cm³/mol. The molecule has 7 heteroatoms. The van der Waals surface area contributed by atoms with Crippen molar-refractivity contribution in [3.05, 3.63) is 18.3 Å². The smallest absolute Gasteiger partial charge is 0.272 e. The van der Waals surface area contributed by atoms with Crippen LogP contribution >= 0.6 is 0 Å². The summed E-state index contributed by atoms with van der Waals surface area (Å²) in [5, 5.41) is 3.22. The fraction of sp³-hybridized carbons (Fsp3) is 0.615. The molecule has 2 heterocycles. The number of nitrogens with one attached hydrogen (secondary N) is 2. The predicted octanol–water partition coefficient (Wildman–Crippen LogP) is 0.734. The molecule has 1 aliphatic rings. The van der Waals surface area contributed by atoms with E-state index in [0.29, 0.717) is 31.2 Å². The number of hydrogen-bond acceptors (Lipinski definition) is 4. The van der Waals surface area contributed by atoms with Gasteiger partial charge in [0.25, 0.3) is 5.82 Å². The molecule has 2 N–H and O–H groups in total. The maximum atomic E-state index is 12.4. The van der Waals surface area contributed by atoms with Gasteiger partial charge in [0.15, 0.2) is 0 Å². The molecule has 1 aromatic rings. The highest BCUT2D eigenvalue weighted by Gasteiger charge is 2.27. The van der Waals surface area contributed by atoms with Gasteiger partial charge in [0.1, 0.15) is 11.1 Å². The first-order chi connectivity index (χ1) is 9.64. The Morgan fingerprint density at radius 2 is 2.10 bits per heavy atom. The molecule has 6 nitrogen and oxygen atoms in total. The van der Waals surface area contributed by atoms with E-state index in [4.69, 9.17) is 4.74 Å². The van der Waals surface area contributed by atoms with Crippen LogP contribution in [0.1, 0.15) is 19.8 Å². The van der Waals surface area contributed by atoms with E-state index in [1.807, 2.05) is 0 Å². The monoisotopic (exact) mass is 300 g/mol. The molecule has 0 aromatic carbocycles. The van der Waals surface area contributed by atoms with Gasteiger partial charge in [-0.2, -0.15) is 4.31 Å². The molecular formula is C13H22N3O3S+. The number of ether oxygens (including phenoxy) is 1. The number of nitrogens with zero attached hydrogens (tertiary/aromatic N) is 1. The summed E-state index contributed by atoms with van der Waals surface area (Å²) in [6.07, 6.45) is 3.75. The zero-order chi connectivity index (χ0) is 14.4. The van der Waals surface area contributed by atoms with Gasteiger partial charge >= 0.3 is 0 Å². The second-order valence-corrected chi connectivity index (χ2v) is 6.67. The zero-order valence-corrected chi connectivity index (χ0v) is 12.6. The average molecular weight is 300 g/mol. The molecule has 20 heavy (non-hydrogen) atoms. The molecule has 0 atom stereocenters. The van der Waals surface area contributed by atoms with E-state index in [9.17, 15) is 8.42 Å². The van der Waals surface area contributed by atoms with E-state index in [1.165, 1.54) is 4.31 Å². The largest absolute Gasteiger partial charge is 0.379 e. The summed E-state index contributed by atoms with van der Waals surface area (Å²) >= 11 is 0. The molecule has 2 rings (SSSR count). The molecule has 1 aliphatic heterocycles. The van der Waals surface area contributed by atoms with Gasteiger partial charge in [0, 0.05) is 19.2 Å². The Kier molecular flexibility index (Phi) is 5.33. The molecule has 112 valence electrons. The van der Waals surface area contributed by atoms with Gasteiger partial charge in [-0.05, 0) is 12.5 Å². The summed E-state index contributed by atoms with van der Waals surface area (Å²) in [6, 6.07) is 3.40. The summed E-state index contributed by atoms with van der Waals surface area (Å²) in [5.74, 6) is 0.833. The zero-order valence-electron chi connectivity index (χ0n) is 11.8. The van der Waals surface area contributed by atoms with Crippen molar-refractivity contribution >= 4 is 15.8 Å². The van der Waals surface area contributed by atoms with Crippen LogP contribution in [0.2, 0.25) is 0 Å². The third-order valence-electron chi connectivity index (χ3n) is 3.24. The van der Waals surface area contributed by atoms with Crippen LogP contribution in [0.25, 0.3) is 0 Å². The van der Waals surface area contributed by atoms with Crippen molar-refractivity contribution in [1.29, 1.82) is 0 Å². The number of pyridine rings is 1. The quantitative estimate of drug-likeness (QED) is 0.786. The van der Waals surface area contributed by atoms with Crippen molar-refractivity contribution in [3.8, 4) is 0 Å². The fourth-order valence-corrected chi connectivity index (χ4v) is 3.39. The van der Waals surface area contributed by atoms with Crippen LogP contribution in [0.15, 0.2) is 23.2 Å². The van der Waals surface area contributed by atoms with Gasteiger partial charge in [-0.15, -0.1) is 0 Å². The van der Waals surface area contributed by atoms with E-state index in [0.717, 1.165) is 25.2 Å². The highest BCUT2D eigenvalue weighted by Crippen LogP contribution is 2.16. The highest BCUT2D eigenvalue weighted by atomic mass is 32.2. The topological polar surface area (TPSA) is 72.8 Å². The third kappa shape index (κ3) is 3.68. The number of sulfonamides is 1. The molecule has 0 radical (unpaired) electrons. The normalized spacial score (nSPS) is 17.1. The molecular weight excluding hydrogens is 278 g/mol. The first-order valence-electron chi connectivity index (χ1n) is 6.98. The molecule has 0 amide bonds. The summed E-state index contributed by atoms with van der Waals surface area (Å²) in [6.45, 7) is 4.75. The van der Waals surface area contributed by atoms with Crippen LogP contribution in [0.5, 0.6) is 0 Å². The molecule has 1 saturated heterocycles. The van der Waals surface area contributed by atoms with Gasteiger partial charge in [-0.1, -0.05) is 13.3 Å². The van der Waals surface area contributed by atoms with Gasteiger partial charge in [0.2, 0.25) is 10.0 Å². The Morgan fingerprint density at radius 3 is 2.70 bits per heavy atom. The second kappa shape index (κ2) is 7.01. The molecule has 0 bridgehead atoms. The molecule has 0 aliphatic carbocycles. The summed E-state index contributed by atoms with van der Waals surface area (Å²) in [5.41, 5.74) is 0. The van der Waals surface area contributed by atoms with Gasteiger partial charge in [0.05, 0.1) is 19.8 Å². The number of rotatable bonds is 6. The van der Waals surface area contributed by atoms with E-state index in [-0.39, 0.29) is 0 Å². The minimum atomic E-state index is -3.41. The Hall–Kier alpha value is -1.18. The number of aromatic nitrogens is 1. The molecule has 0 spiro atoms. The van der Waals surface area contributed by atoms with Crippen LogP contribution < -0.4 is 10.3 Å². The first-order valence-corrected chi connectivity index (χ1v) is 8.42. The Bertz CT molecular complexity index is 510. The molecule has 0 saturated carbocycles. The van der Waals surface area contributed by atoms with Gasteiger partial charge in [-0.3, -0.25) is 5.32 Å². The second-order valence-electron chi connectivity index (χ2n) is 4.73. The van der Waals surface area contributed by atoms with E-state index in [2.05, 4.69) is 17.2 Å². The maximum Gasteiger partial charge on any atom is 0.272 e. The minimum absolute atomic E-state index is 0.292. The van der Waals surface area contributed by atoms with E-state index >= 15 is 0 Å². The van der Waals surface area contributed by atoms with Crippen molar-refractivity contribution < 1.29 is 18.1 Å². The summed E-state index contributed by atoms with van der Waals surface area (Å²) < 4.78 is 31.4. The van der Waals surface area contributed by atoms with E-state index in [1.54, 1.807) is 18.3 Å². The lowest BCUT2D eigenvalue weighted by Crippen LogP contribution is -2.40. The van der Waals surface area contributed by atoms with Crippen molar-refractivity contribution in [1.82, 2.24) is 4.31 Å². The van der Waals surface area contributed by atoms with Crippen molar-refractivity contribution in [2.24, 2.45) is 0 Å². The van der Waals surface area contributed by atoms with Crippen LogP contribution in [0.4, 0.5) is 5.82 Å². The van der Waals surface area contributed by atoms with Crippen LogP contribution in [-0.2, 0) is 14.8 Å². The van der Waals surface area contributed by atoms with Gasteiger partial charge in [-0.25, -0.2) is 13.4 Å². The van der Waals surface area contributed by atoms with Crippen molar-refractivity contribution in [2.75, 3.05) is 38.2 Å². The summed E-state index contributed by atoms with van der Waals surface area (Å²) in [4.78, 5) is 3.28. The van der Waals surface area contributed by atoms with E-state index < -0.39 is 10.0 Å². The number of anilines is 1. The Morgan fingerprint density at radius 1 is 1.35 bits per heavy atom. The molecule has 1 aromatic heterocycles. The highest BCUT2D eigenvalue weighted by molar-refractivity contribution is 7.89. The van der Waals surface area contributed by atoms with Gasteiger partial charge < -0.3 is 4.74 Å². The van der Waals surface area contributed by atoms with Crippen LogP contribution in [0, 0.1) is 0 Å². The Labute approximate surface area is 120 Å². The molecule has 0 unspecified atom stereocenters. The van der Waals surface area contributed by atoms with Crippen molar-refractivity contribution in [3.63, 3.8) is 0 Å². The van der Waals surface area contributed by atoms with Crippen molar-refractivity contribution in [2.45, 2.75) is 24.7 Å². The van der Waals surface area contributed by atoms with Crippen LogP contribution in [-0.4, -0.2) is 45.6 Å². The minimum Gasteiger partial charge on any atom is -0.379 e. The lowest BCUT2D eigenvalue weighted by Gasteiger charge is -2.25. The average Bonchev–Trinajstić information content (AvgIpc) is 2.49. The third-order valence-corrected chi connectivity index (χ3v) is 5.13. The molecule has 1 fully saturated rings. The number of aromatic amines is 1. The Balaban J connectivity index is 2.04. The summed E-state index contributed by atoms with van der Waals surface area (Å²) in [7, 11) is -3.41. The number of unbranched alkanes of at least 4 members (excludes halogenated alkanes) is 1. The fourth-order valence-electron chi connectivity index (χ4n) is 2.02. The first kappa shape index (κ1) is 15.2. The standard InChI is InChI=1S/C13H21N3O3S/c1-2-3-6-14-13-5-4-12(11-15-13)20(17,18)16-7-9-19-10-8-16/h4-5,11H,2-3,6-10H2,1H3,(H,14,15)/p+1. The lowest BCUT2D eigenvalue weighted by molar-refractivity contribution is -0.364. The number of morpholine rings is 1. The SMILES string of the molecule is CCCCNc1ccc(S(=O)(=O)N2CCOCC2)c[nH+]1. The maximum absolute atomic E-state index is 12.4.